The van der Waals surface area contributed by atoms with Gasteiger partial charge >= 0.3 is 0 Å². The van der Waals surface area contributed by atoms with Crippen LogP contribution in [-0.4, -0.2) is 63.1 Å². The first-order valence-corrected chi connectivity index (χ1v) is 10.4. The molecular weight excluding hydrogens is 382 g/mol. The van der Waals surface area contributed by atoms with E-state index in [0.29, 0.717) is 11.6 Å². The highest BCUT2D eigenvalue weighted by atomic mass is 16.3. The average Bonchev–Trinajstić information content (AvgIpc) is 3.22. The normalized spacial score (nSPS) is 16.7. The molecule has 158 valence electrons. The largest absolute Gasteiger partial charge is 0.396 e. The summed E-state index contributed by atoms with van der Waals surface area (Å²) in [5, 5.41) is 25.7. The zero-order chi connectivity index (χ0) is 20.9. The van der Waals surface area contributed by atoms with Crippen molar-refractivity contribution in [3.8, 4) is 11.1 Å². The highest BCUT2D eigenvalue weighted by Gasteiger charge is 2.25. The minimum Gasteiger partial charge on any atom is -0.396 e. The minimum absolute atomic E-state index is 0.0973. The number of nitrogens with one attached hydrogen (secondary N) is 1. The number of amides is 1. The van der Waals surface area contributed by atoms with Gasteiger partial charge in [-0.3, -0.25) is 4.79 Å². The van der Waals surface area contributed by atoms with Crippen molar-refractivity contribution in [3.63, 3.8) is 0 Å². The summed E-state index contributed by atoms with van der Waals surface area (Å²) in [5.41, 5.74) is 2.96. The molecule has 1 atom stereocenters. The predicted octanol–water partition coefficient (Wildman–Crippen LogP) is 1.86. The number of aromatic nitrogens is 3. The lowest BCUT2D eigenvalue weighted by atomic mass is 9.99. The summed E-state index contributed by atoms with van der Waals surface area (Å²) in [7, 11) is 0. The summed E-state index contributed by atoms with van der Waals surface area (Å²) < 4.78 is 1.85. The Hall–Kier alpha value is -2.97. The molecule has 2 aromatic heterocycles. The molecule has 1 aromatic carbocycles. The van der Waals surface area contributed by atoms with Crippen molar-refractivity contribution in [2.45, 2.75) is 31.7 Å². The number of rotatable bonds is 7. The van der Waals surface area contributed by atoms with Crippen LogP contribution >= 0.6 is 0 Å². The first kappa shape index (κ1) is 20.3. The first-order valence-electron chi connectivity index (χ1n) is 10.4. The third-order valence-electron chi connectivity index (χ3n) is 5.60. The lowest BCUT2D eigenvalue weighted by Gasteiger charge is -2.37. The Morgan fingerprint density at radius 3 is 2.93 bits per heavy atom. The zero-order valence-electron chi connectivity index (χ0n) is 16.9. The summed E-state index contributed by atoms with van der Waals surface area (Å²) >= 11 is 0. The van der Waals surface area contributed by atoms with Gasteiger partial charge < -0.3 is 20.4 Å². The maximum absolute atomic E-state index is 12.3. The molecule has 1 aliphatic heterocycles. The second-order valence-electron chi connectivity index (χ2n) is 7.51. The van der Waals surface area contributed by atoms with Gasteiger partial charge in [-0.2, -0.15) is 9.61 Å². The number of anilines is 1. The fraction of sp³-hybridized carbons (Fsp3) is 0.409. The number of benzene rings is 1. The molecule has 0 saturated carbocycles. The van der Waals surface area contributed by atoms with Gasteiger partial charge in [-0.1, -0.05) is 12.1 Å². The number of nitrogens with zero attached hydrogens (tertiary/aromatic N) is 4. The number of hydrogen-bond donors (Lipinski definition) is 3. The molecule has 0 spiro atoms. The monoisotopic (exact) mass is 409 g/mol. The number of piperidine rings is 1. The molecule has 1 amide bonds. The Labute approximate surface area is 175 Å². The Bertz CT molecular complexity index is 1020. The van der Waals surface area contributed by atoms with E-state index in [1.807, 2.05) is 28.8 Å². The van der Waals surface area contributed by atoms with Crippen molar-refractivity contribution in [1.82, 2.24) is 19.9 Å². The van der Waals surface area contributed by atoms with Crippen LogP contribution in [0, 0.1) is 0 Å². The van der Waals surface area contributed by atoms with Gasteiger partial charge in [0.15, 0.2) is 5.65 Å². The molecule has 0 bridgehead atoms. The Kier molecular flexibility index (Phi) is 6.25. The highest BCUT2D eigenvalue weighted by molar-refractivity contribution is 5.96. The summed E-state index contributed by atoms with van der Waals surface area (Å²) in [4.78, 5) is 19.1. The molecule has 30 heavy (non-hydrogen) atoms. The van der Waals surface area contributed by atoms with E-state index in [9.17, 15) is 9.90 Å². The van der Waals surface area contributed by atoms with E-state index < -0.39 is 0 Å². The van der Waals surface area contributed by atoms with E-state index in [4.69, 9.17) is 5.11 Å². The van der Waals surface area contributed by atoms with Crippen molar-refractivity contribution in [3.05, 3.63) is 48.3 Å². The molecule has 3 aromatic rings. The summed E-state index contributed by atoms with van der Waals surface area (Å²) in [6.45, 7) is 1.22. The number of hydrogen-bond acceptors (Lipinski definition) is 6. The maximum atomic E-state index is 12.3. The van der Waals surface area contributed by atoms with Crippen LogP contribution in [-0.2, 0) is 0 Å². The van der Waals surface area contributed by atoms with Gasteiger partial charge in [-0.15, -0.1) is 0 Å². The van der Waals surface area contributed by atoms with Gasteiger partial charge in [0.05, 0.1) is 12.8 Å². The van der Waals surface area contributed by atoms with E-state index in [1.165, 1.54) is 6.42 Å². The van der Waals surface area contributed by atoms with Crippen LogP contribution in [0.2, 0.25) is 0 Å². The number of aliphatic hydroxyl groups excluding tert-OH is 2. The average molecular weight is 409 g/mol. The van der Waals surface area contributed by atoms with Gasteiger partial charge in [-0.05, 0) is 49.4 Å². The van der Waals surface area contributed by atoms with Crippen molar-refractivity contribution in [1.29, 1.82) is 0 Å². The van der Waals surface area contributed by atoms with E-state index in [-0.39, 0.29) is 25.7 Å². The molecule has 1 saturated heterocycles. The molecule has 1 aliphatic rings. The van der Waals surface area contributed by atoms with Crippen LogP contribution in [0.4, 0.5) is 5.82 Å². The molecule has 3 N–H and O–H groups in total. The lowest BCUT2D eigenvalue weighted by Crippen LogP contribution is -2.41. The van der Waals surface area contributed by atoms with E-state index in [2.05, 4.69) is 20.3 Å². The van der Waals surface area contributed by atoms with Crippen molar-refractivity contribution >= 4 is 17.4 Å². The molecule has 4 rings (SSSR count). The third kappa shape index (κ3) is 4.01. The van der Waals surface area contributed by atoms with Crippen LogP contribution in [0.1, 0.15) is 36.0 Å². The Morgan fingerprint density at radius 1 is 1.20 bits per heavy atom. The number of carbonyl (C=O) groups excluding carboxylic acids is 1. The first-order chi connectivity index (χ1) is 14.7. The maximum Gasteiger partial charge on any atom is 0.251 e. The standard InChI is InChI=1S/C22H27N5O3/c28-12-8-18-6-1-2-11-26(18)20-7-9-23-21-19(15-25-27(20)21)16-4-3-5-17(14-16)22(30)24-10-13-29/h3-5,7,9,14-15,18,28-29H,1-2,6,8,10-13H2,(H,24,30). The Morgan fingerprint density at radius 2 is 2.10 bits per heavy atom. The molecule has 3 heterocycles. The van der Waals surface area contributed by atoms with Crippen LogP contribution in [0.15, 0.2) is 42.7 Å². The molecule has 0 radical (unpaired) electrons. The minimum atomic E-state index is -0.226. The van der Waals surface area contributed by atoms with Crippen LogP contribution < -0.4 is 10.2 Å². The van der Waals surface area contributed by atoms with Gasteiger partial charge in [0.1, 0.15) is 5.82 Å². The van der Waals surface area contributed by atoms with E-state index in [1.54, 1.807) is 18.5 Å². The van der Waals surface area contributed by atoms with E-state index in [0.717, 1.165) is 48.4 Å². The van der Waals surface area contributed by atoms with Crippen LogP contribution in [0.5, 0.6) is 0 Å². The van der Waals surface area contributed by atoms with Gasteiger partial charge in [0.25, 0.3) is 5.91 Å². The Balaban J connectivity index is 1.69. The fourth-order valence-electron chi connectivity index (χ4n) is 4.15. The number of fused-ring (bicyclic) bond motifs is 1. The molecule has 1 fully saturated rings. The summed E-state index contributed by atoms with van der Waals surface area (Å²) in [6.07, 6.45) is 7.65. The predicted molar refractivity (Wildman–Crippen MR) is 115 cm³/mol. The highest BCUT2D eigenvalue weighted by Crippen LogP contribution is 2.30. The fourth-order valence-corrected chi connectivity index (χ4v) is 4.15. The van der Waals surface area contributed by atoms with Gasteiger partial charge in [0.2, 0.25) is 0 Å². The molecule has 0 aliphatic carbocycles. The van der Waals surface area contributed by atoms with Gasteiger partial charge in [-0.25, -0.2) is 4.98 Å². The van der Waals surface area contributed by atoms with Crippen molar-refractivity contribution in [2.75, 3.05) is 31.2 Å². The quantitative estimate of drug-likeness (QED) is 0.550. The lowest BCUT2D eigenvalue weighted by molar-refractivity contribution is 0.0945. The smallest absolute Gasteiger partial charge is 0.251 e. The van der Waals surface area contributed by atoms with Crippen molar-refractivity contribution < 1.29 is 15.0 Å². The molecular formula is C22H27N5O3. The number of carbonyl (C=O) groups is 1. The topological polar surface area (TPSA) is 103 Å². The zero-order valence-corrected chi connectivity index (χ0v) is 16.9. The second-order valence-corrected chi connectivity index (χ2v) is 7.51. The SMILES string of the molecule is O=C(NCCO)c1cccc(-c2cnn3c(N4CCCCC4CCO)ccnc23)c1. The summed E-state index contributed by atoms with van der Waals surface area (Å²) in [6, 6.07) is 9.59. The van der Waals surface area contributed by atoms with Crippen LogP contribution in [0.25, 0.3) is 16.8 Å². The van der Waals surface area contributed by atoms with Crippen molar-refractivity contribution in [2.24, 2.45) is 0 Å². The number of aliphatic hydroxyl groups is 2. The summed E-state index contributed by atoms with van der Waals surface area (Å²) in [5.74, 6) is 0.748. The molecule has 1 unspecified atom stereocenters. The molecule has 8 heteroatoms. The third-order valence-corrected chi connectivity index (χ3v) is 5.60. The molecule has 8 nitrogen and oxygen atoms in total. The van der Waals surface area contributed by atoms with Crippen LogP contribution in [0.3, 0.4) is 0 Å². The van der Waals surface area contributed by atoms with Gasteiger partial charge in [0, 0.05) is 43.1 Å². The van der Waals surface area contributed by atoms with E-state index >= 15 is 0 Å². The second kappa shape index (κ2) is 9.23.